The monoisotopic (exact) mass is 299 g/mol. The summed E-state index contributed by atoms with van der Waals surface area (Å²) in [6, 6.07) is 8.38. The van der Waals surface area contributed by atoms with Gasteiger partial charge in [0.05, 0.1) is 6.54 Å². The molecule has 0 aliphatic rings. The van der Waals surface area contributed by atoms with Crippen LogP contribution < -0.4 is 5.73 Å². The second kappa shape index (κ2) is 7.84. The van der Waals surface area contributed by atoms with E-state index >= 15 is 0 Å². The van der Waals surface area contributed by atoms with E-state index in [1.54, 1.807) is 7.05 Å². The number of nitrogens with two attached hydrogens (primary N) is 1. The molecule has 118 valence electrons. The van der Waals surface area contributed by atoms with E-state index in [1.165, 1.54) is 10.9 Å². The summed E-state index contributed by atoms with van der Waals surface area (Å²) in [6.07, 6.45) is 3.74. The number of nitrogens with zero attached hydrogens (tertiary/aromatic N) is 3. The average Bonchev–Trinajstić information content (AvgIpc) is 2.91. The Hall–Kier alpha value is -2.01. The summed E-state index contributed by atoms with van der Waals surface area (Å²) in [6.45, 7) is 4.74. The van der Waals surface area contributed by atoms with E-state index in [0.29, 0.717) is 6.54 Å². The molecule has 2 aromatic rings. The molecule has 0 saturated heterocycles. The number of azo groups is 1. The van der Waals surface area contributed by atoms with Crippen LogP contribution in [0, 0.1) is 5.92 Å². The lowest BCUT2D eigenvalue weighted by atomic mass is 9.96. The van der Waals surface area contributed by atoms with Crippen LogP contribution in [0.4, 0.5) is 0 Å². The molecule has 3 N–H and O–H groups in total. The van der Waals surface area contributed by atoms with E-state index in [0.717, 1.165) is 24.2 Å². The van der Waals surface area contributed by atoms with Gasteiger partial charge in [-0.05, 0) is 31.4 Å². The van der Waals surface area contributed by atoms with Gasteiger partial charge in [-0.15, -0.1) is 5.11 Å². The van der Waals surface area contributed by atoms with Crippen molar-refractivity contribution in [3.05, 3.63) is 36.0 Å². The third-order valence-corrected chi connectivity index (χ3v) is 3.80. The van der Waals surface area contributed by atoms with Crippen LogP contribution in [-0.2, 0) is 6.42 Å². The van der Waals surface area contributed by atoms with Gasteiger partial charge in [0.1, 0.15) is 5.84 Å². The summed E-state index contributed by atoms with van der Waals surface area (Å²) in [5, 5.41) is 9.46. The maximum atomic E-state index is 6.34. The molecule has 5 nitrogen and oxygen atoms in total. The molecule has 0 bridgehead atoms. The van der Waals surface area contributed by atoms with Crippen molar-refractivity contribution in [2.45, 2.75) is 32.7 Å². The van der Waals surface area contributed by atoms with Gasteiger partial charge in [-0.25, -0.2) is 0 Å². The van der Waals surface area contributed by atoms with Crippen molar-refractivity contribution in [1.29, 1.82) is 0 Å². The van der Waals surface area contributed by atoms with Gasteiger partial charge in [0.2, 0.25) is 0 Å². The van der Waals surface area contributed by atoms with E-state index < -0.39 is 0 Å². The maximum Gasteiger partial charge on any atom is 0.148 e. The summed E-state index contributed by atoms with van der Waals surface area (Å²) >= 11 is 0. The fraction of sp³-hybridized carbons (Fsp3) is 0.471. The predicted octanol–water partition coefficient (Wildman–Crippen LogP) is 3.56. The second-order valence-electron chi connectivity index (χ2n) is 5.60. The molecule has 1 aromatic carbocycles. The first-order chi connectivity index (χ1) is 10.7. The summed E-state index contributed by atoms with van der Waals surface area (Å²) in [4.78, 5) is 7.52. The molecule has 0 amide bonds. The molecule has 1 heterocycles. The molecule has 0 aliphatic carbocycles. The van der Waals surface area contributed by atoms with Crippen LogP contribution in [0.15, 0.2) is 45.7 Å². The van der Waals surface area contributed by atoms with E-state index in [4.69, 9.17) is 5.73 Å². The number of benzene rings is 1. The summed E-state index contributed by atoms with van der Waals surface area (Å²) in [5.41, 5.74) is 8.76. The van der Waals surface area contributed by atoms with Gasteiger partial charge in [-0.3, -0.25) is 4.99 Å². The Morgan fingerprint density at radius 3 is 2.82 bits per heavy atom. The van der Waals surface area contributed by atoms with Crippen LogP contribution in [0.25, 0.3) is 10.9 Å². The van der Waals surface area contributed by atoms with Crippen LogP contribution in [0.1, 0.15) is 25.8 Å². The van der Waals surface area contributed by atoms with Crippen LogP contribution >= 0.6 is 0 Å². The van der Waals surface area contributed by atoms with Crippen molar-refractivity contribution in [3.8, 4) is 0 Å². The van der Waals surface area contributed by atoms with Crippen molar-refractivity contribution in [1.82, 2.24) is 4.98 Å². The lowest BCUT2D eigenvalue weighted by Gasteiger charge is -2.16. The lowest BCUT2D eigenvalue weighted by Crippen LogP contribution is -2.27. The van der Waals surface area contributed by atoms with Crippen LogP contribution in [0.2, 0.25) is 0 Å². The van der Waals surface area contributed by atoms with E-state index in [1.807, 2.05) is 13.0 Å². The number of nitrogens with one attached hydrogen (secondary N) is 1. The minimum atomic E-state index is 0.0720. The van der Waals surface area contributed by atoms with E-state index in [-0.39, 0.29) is 12.0 Å². The fourth-order valence-electron chi connectivity index (χ4n) is 2.73. The molecule has 5 heteroatoms. The number of para-hydroxylation sites is 1. The average molecular weight is 299 g/mol. The minimum Gasteiger partial charge on any atom is -0.361 e. The number of aromatic nitrogens is 1. The number of aliphatic imine (C=N–C) groups is 1. The number of hydrogen-bond acceptors (Lipinski definition) is 3. The highest BCUT2D eigenvalue weighted by Crippen LogP contribution is 2.20. The zero-order valence-corrected chi connectivity index (χ0v) is 13.6. The van der Waals surface area contributed by atoms with Crippen molar-refractivity contribution in [3.63, 3.8) is 0 Å². The van der Waals surface area contributed by atoms with Gasteiger partial charge in [-0.2, -0.15) is 5.11 Å². The first-order valence-corrected chi connectivity index (χ1v) is 7.80. The SMILES string of the molecule is CCN=NC(=NC)C(C)C[C@@H](N)Cc1c[nH]c2ccccc12. The minimum absolute atomic E-state index is 0.0720. The van der Waals surface area contributed by atoms with Gasteiger partial charge in [0, 0.05) is 36.1 Å². The maximum absolute atomic E-state index is 6.34. The highest BCUT2D eigenvalue weighted by molar-refractivity contribution is 5.85. The van der Waals surface area contributed by atoms with Gasteiger partial charge in [0.15, 0.2) is 0 Å². The fourth-order valence-corrected chi connectivity index (χ4v) is 2.73. The molecule has 0 spiro atoms. The second-order valence-corrected chi connectivity index (χ2v) is 5.60. The number of H-pyrrole nitrogens is 1. The summed E-state index contributed by atoms with van der Waals surface area (Å²) in [7, 11) is 1.76. The van der Waals surface area contributed by atoms with E-state index in [2.05, 4.69) is 51.5 Å². The molecule has 1 aromatic heterocycles. The molecule has 22 heavy (non-hydrogen) atoms. The molecule has 2 rings (SSSR count). The Kier molecular flexibility index (Phi) is 5.83. The molecule has 0 fully saturated rings. The molecular formula is C17H25N5. The quantitative estimate of drug-likeness (QED) is 0.477. The number of aromatic amines is 1. The van der Waals surface area contributed by atoms with Gasteiger partial charge in [-0.1, -0.05) is 25.1 Å². The molecule has 0 saturated carbocycles. The highest BCUT2D eigenvalue weighted by atomic mass is 15.1. The normalized spacial score (nSPS) is 15.5. The third kappa shape index (κ3) is 4.01. The first kappa shape index (κ1) is 16.4. The predicted molar refractivity (Wildman–Crippen MR) is 92.5 cm³/mol. The first-order valence-electron chi connectivity index (χ1n) is 7.80. The van der Waals surface area contributed by atoms with Crippen LogP contribution in [0.5, 0.6) is 0 Å². The topological polar surface area (TPSA) is 78.9 Å². The largest absolute Gasteiger partial charge is 0.361 e. The Labute approximate surface area is 131 Å². The lowest BCUT2D eigenvalue weighted by molar-refractivity contribution is 0.544. The van der Waals surface area contributed by atoms with Crippen LogP contribution in [0.3, 0.4) is 0 Å². The third-order valence-electron chi connectivity index (χ3n) is 3.80. The zero-order chi connectivity index (χ0) is 15.9. The number of rotatable bonds is 6. The summed E-state index contributed by atoms with van der Waals surface area (Å²) < 4.78 is 0. The Morgan fingerprint density at radius 2 is 2.09 bits per heavy atom. The smallest absolute Gasteiger partial charge is 0.148 e. The Balaban J connectivity index is 2.00. The number of amidine groups is 1. The van der Waals surface area contributed by atoms with Crippen LogP contribution in [-0.4, -0.2) is 30.5 Å². The molecule has 0 radical (unpaired) electrons. The van der Waals surface area contributed by atoms with Crippen molar-refractivity contribution in [2.24, 2.45) is 26.9 Å². The molecule has 0 aliphatic heterocycles. The van der Waals surface area contributed by atoms with Crippen molar-refractivity contribution >= 4 is 16.7 Å². The Bertz CT molecular complexity index is 656. The van der Waals surface area contributed by atoms with Gasteiger partial charge >= 0.3 is 0 Å². The van der Waals surface area contributed by atoms with Gasteiger partial charge in [0.25, 0.3) is 0 Å². The molecule has 2 atom stereocenters. The zero-order valence-electron chi connectivity index (χ0n) is 13.6. The summed E-state index contributed by atoms with van der Waals surface area (Å²) in [5.74, 6) is 0.983. The highest BCUT2D eigenvalue weighted by Gasteiger charge is 2.16. The number of fused-ring (bicyclic) bond motifs is 1. The Morgan fingerprint density at radius 1 is 1.32 bits per heavy atom. The van der Waals surface area contributed by atoms with Crippen molar-refractivity contribution < 1.29 is 0 Å². The number of hydrogen-bond donors (Lipinski definition) is 2. The van der Waals surface area contributed by atoms with E-state index in [9.17, 15) is 0 Å². The van der Waals surface area contributed by atoms with Crippen molar-refractivity contribution in [2.75, 3.05) is 13.6 Å². The van der Waals surface area contributed by atoms with Gasteiger partial charge < -0.3 is 10.7 Å². The standard InChI is InChI=1S/C17H25N5/c1-4-21-22-17(19-3)12(2)9-14(18)10-13-11-20-16-8-6-5-7-15(13)16/h5-8,11-12,14,20H,4,9-10,18H2,1-3H3/t12?,14-/m1/s1. The molecular weight excluding hydrogens is 274 g/mol. The molecule has 1 unspecified atom stereocenters.